The van der Waals surface area contributed by atoms with Gasteiger partial charge in [-0.15, -0.1) is 11.3 Å². The van der Waals surface area contributed by atoms with Crippen molar-refractivity contribution >= 4 is 33.3 Å². The molecule has 20 heavy (non-hydrogen) atoms. The van der Waals surface area contributed by atoms with Crippen molar-refractivity contribution in [1.82, 2.24) is 4.72 Å². The van der Waals surface area contributed by atoms with E-state index in [0.717, 1.165) is 0 Å². The predicted molar refractivity (Wildman–Crippen MR) is 67.6 cm³/mol. The zero-order valence-electron chi connectivity index (χ0n) is 9.94. The second-order valence-electron chi connectivity index (χ2n) is 3.68. The van der Waals surface area contributed by atoms with Crippen LogP contribution in [-0.2, 0) is 19.6 Å². The van der Waals surface area contributed by atoms with Gasteiger partial charge in [0.2, 0.25) is 0 Å². The van der Waals surface area contributed by atoms with Gasteiger partial charge in [0.25, 0.3) is 10.0 Å². The molecule has 0 aromatic carbocycles. The van der Waals surface area contributed by atoms with Crippen molar-refractivity contribution in [3.05, 3.63) is 17.0 Å². The van der Waals surface area contributed by atoms with Gasteiger partial charge >= 0.3 is 11.9 Å². The van der Waals surface area contributed by atoms with Gasteiger partial charge in [0.1, 0.15) is 21.2 Å². The summed E-state index contributed by atoms with van der Waals surface area (Å²) in [6.07, 6.45) is -0.853. The van der Waals surface area contributed by atoms with Crippen molar-refractivity contribution in [2.75, 3.05) is 0 Å². The fourth-order valence-corrected chi connectivity index (χ4v) is 3.61. The number of hydrogen-bond acceptors (Lipinski definition) is 6. The molecule has 0 aliphatic heterocycles. The van der Waals surface area contributed by atoms with E-state index in [1.807, 2.05) is 4.72 Å². The highest BCUT2D eigenvalue weighted by molar-refractivity contribution is 7.91. The maximum Gasteiger partial charge on any atom is 0.321 e. The van der Waals surface area contributed by atoms with Gasteiger partial charge < -0.3 is 10.2 Å². The van der Waals surface area contributed by atoms with Crippen molar-refractivity contribution in [3.63, 3.8) is 0 Å². The van der Waals surface area contributed by atoms with Crippen LogP contribution in [0, 0.1) is 11.3 Å². The van der Waals surface area contributed by atoms with E-state index in [4.69, 9.17) is 15.5 Å². The summed E-state index contributed by atoms with van der Waals surface area (Å²) < 4.78 is 25.5. The van der Waals surface area contributed by atoms with Gasteiger partial charge in [0, 0.05) is 6.42 Å². The molecular formula is C10H10N2O6S2. The molecule has 10 heteroatoms. The number of nitrogens with one attached hydrogen (secondary N) is 1. The Hall–Kier alpha value is -1.96. The first-order valence-corrected chi connectivity index (χ1v) is 7.53. The van der Waals surface area contributed by atoms with E-state index in [1.54, 1.807) is 6.07 Å². The average molecular weight is 318 g/mol. The third kappa shape index (κ3) is 4.30. The molecule has 3 N–H and O–H groups in total. The molecule has 108 valence electrons. The SMILES string of the molecule is N#Cc1ccc(S(=O)(=O)NC(CCC(=O)O)C(=O)O)s1. The number of rotatable bonds is 7. The Balaban J connectivity index is 2.89. The van der Waals surface area contributed by atoms with E-state index in [2.05, 4.69) is 0 Å². The highest BCUT2D eigenvalue weighted by Gasteiger charge is 2.27. The smallest absolute Gasteiger partial charge is 0.321 e. The second kappa shape index (κ2) is 6.47. The van der Waals surface area contributed by atoms with E-state index in [0.29, 0.717) is 11.3 Å². The van der Waals surface area contributed by atoms with E-state index in [1.165, 1.54) is 12.1 Å². The van der Waals surface area contributed by atoms with Gasteiger partial charge in [-0.25, -0.2) is 8.42 Å². The third-order valence-electron chi connectivity index (χ3n) is 2.20. The van der Waals surface area contributed by atoms with Crippen LogP contribution in [0.3, 0.4) is 0 Å². The lowest BCUT2D eigenvalue weighted by Gasteiger charge is -2.12. The molecule has 1 aromatic heterocycles. The highest BCUT2D eigenvalue weighted by Crippen LogP contribution is 2.21. The molecule has 0 fully saturated rings. The second-order valence-corrected chi connectivity index (χ2v) is 6.70. The molecule has 8 nitrogen and oxygen atoms in total. The minimum Gasteiger partial charge on any atom is -0.481 e. The van der Waals surface area contributed by atoms with Crippen molar-refractivity contribution in [2.24, 2.45) is 0 Å². The van der Waals surface area contributed by atoms with Gasteiger partial charge in [0.15, 0.2) is 0 Å². The number of hydrogen-bond donors (Lipinski definition) is 3. The molecule has 0 bridgehead atoms. The van der Waals surface area contributed by atoms with E-state index in [9.17, 15) is 18.0 Å². The number of carbonyl (C=O) groups is 2. The van der Waals surface area contributed by atoms with Crippen molar-refractivity contribution < 1.29 is 28.2 Å². The van der Waals surface area contributed by atoms with Crippen LogP contribution in [0.5, 0.6) is 0 Å². The number of thiophene rings is 1. The number of nitriles is 1. The molecule has 1 atom stereocenters. The number of carboxylic acids is 2. The Morgan fingerprint density at radius 3 is 2.50 bits per heavy atom. The Bertz CT molecular complexity index is 658. The monoisotopic (exact) mass is 318 g/mol. The maximum atomic E-state index is 11.9. The minimum absolute atomic E-state index is 0.169. The third-order valence-corrected chi connectivity index (χ3v) is 5.15. The van der Waals surface area contributed by atoms with Gasteiger partial charge in [-0.1, -0.05) is 0 Å². The highest BCUT2D eigenvalue weighted by atomic mass is 32.2. The number of aliphatic carboxylic acids is 2. The average Bonchev–Trinajstić information content (AvgIpc) is 2.83. The van der Waals surface area contributed by atoms with E-state index in [-0.39, 0.29) is 15.5 Å². The van der Waals surface area contributed by atoms with Crippen molar-refractivity contribution in [1.29, 1.82) is 5.26 Å². The summed E-state index contributed by atoms with van der Waals surface area (Å²) in [4.78, 5) is 21.5. The molecule has 1 rings (SSSR count). The molecule has 0 radical (unpaired) electrons. The molecule has 0 aliphatic carbocycles. The first-order valence-electron chi connectivity index (χ1n) is 5.23. The van der Waals surface area contributed by atoms with E-state index < -0.39 is 34.4 Å². The molecule has 0 amide bonds. The van der Waals surface area contributed by atoms with Gasteiger partial charge in [-0.3, -0.25) is 9.59 Å². The van der Waals surface area contributed by atoms with Gasteiger partial charge in [-0.05, 0) is 18.6 Å². The summed E-state index contributed by atoms with van der Waals surface area (Å²) in [5, 5.41) is 26.0. The lowest BCUT2D eigenvalue weighted by Crippen LogP contribution is -2.40. The normalized spacial score (nSPS) is 12.6. The van der Waals surface area contributed by atoms with Crippen LogP contribution in [0.25, 0.3) is 0 Å². The summed E-state index contributed by atoms with van der Waals surface area (Å²) >= 11 is 0.697. The quantitative estimate of drug-likeness (QED) is 0.651. The number of sulfonamides is 1. The Labute approximate surface area is 118 Å². The Morgan fingerprint density at radius 2 is 2.05 bits per heavy atom. The van der Waals surface area contributed by atoms with Crippen molar-refractivity contribution in [2.45, 2.75) is 23.1 Å². The van der Waals surface area contributed by atoms with Crippen LogP contribution >= 0.6 is 11.3 Å². The Kier molecular flexibility index (Phi) is 5.20. The van der Waals surface area contributed by atoms with Crippen LogP contribution in [0.4, 0.5) is 0 Å². The van der Waals surface area contributed by atoms with Crippen LogP contribution in [0.15, 0.2) is 16.3 Å². The zero-order valence-corrected chi connectivity index (χ0v) is 11.6. The van der Waals surface area contributed by atoms with Crippen LogP contribution in [0.2, 0.25) is 0 Å². The van der Waals surface area contributed by atoms with E-state index >= 15 is 0 Å². The summed E-state index contributed by atoms with van der Waals surface area (Å²) in [6.45, 7) is 0. The van der Waals surface area contributed by atoms with Crippen LogP contribution in [-0.4, -0.2) is 36.6 Å². The minimum atomic E-state index is -4.10. The lowest BCUT2D eigenvalue weighted by atomic mass is 10.2. The first kappa shape index (κ1) is 16.1. The summed E-state index contributed by atoms with van der Waals surface area (Å²) in [6, 6.07) is 2.71. The molecule has 1 unspecified atom stereocenters. The Morgan fingerprint density at radius 1 is 1.40 bits per heavy atom. The first-order chi connectivity index (χ1) is 9.26. The standard InChI is InChI=1S/C10H10N2O6S2/c11-5-6-1-4-9(19-6)20(17,18)12-7(10(15)16)2-3-8(13)14/h1,4,7,12H,2-3H2,(H,13,14)(H,15,16). The van der Waals surface area contributed by atoms with Gasteiger partial charge in [-0.2, -0.15) is 9.98 Å². The number of carboxylic acid groups (broad SMARTS) is 2. The summed E-state index contributed by atoms with van der Waals surface area (Å²) in [5.41, 5.74) is 0. The molecule has 0 saturated carbocycles. The molecule has 1 aromatic rings. The maximum absolute atomic E-state index is 11.9. The molecular weight excluding hydrogens is 308 g/mol. The van der Waals surface area contributed by atoms with Crippen LogP contribution < -0.4 is 4.72 Å². The summed E-state index contributed by atoms with van der Waals surface area (Å²) in [5.74, 6) is -2.69. The van der Waals surface area contributed by atoms with Crippen LogP contribution in [0.1, 0.15) is 17.7 Å². The molecule has 0 spiro atoms. The molecule has 0 aliphatic rings. The van der Waals surface area contributed by atoms with Gasteiger partial charge in [0.05, 0.1) is 0 Å². The van der Waals surface area contributed by atoms with Crippen molar-refractivity contribution in [3.8, 4) is 6.07 Å². The largest absolute Gasteiger partial charge is 0.481 e. The predicted octanol–water partition coefficient (Wildman–Crippen LogP) is 0.216. The lowest BCUT2D eigenvalue weighted by molar-refractivity contribution is -0.140. The molecule has 1 heterocycles. The fourth-order valence-electron chi connectivity index (χ4n) is 1.27. The topological polar surface area (TPSA) is 145 Å². The zero-order chi connectivity index (χ0) is 15.3. The molecule has 0 saturated heterocycles. The summed E-state index contributed by atoms with van der Waals surface area (Å²) in [7, 11) is -4.10. The fraction of sp³-hybridized carbons (Fsp3) is 0.300. The number of nitrogens with zero attached hydrogens (tertiary/aromatic N) is 1.